The molecule has 0 aliphatic carbocycles. The quantitative estimate of drug-likeness (QED) is 0.855. The molecule has 1 unspecified atom stereocenters. The second kappa shape index (κ2) is 4.31. The number of carbonyl (C=O) groups excluding carboxylic acids is 1. The standard InChI is InChI=1S/C15H17N3O2/c19-10-3-2-7-17(9-10)15-16-12-5-1-4-11-13(20)6-8-18(15)14(11)12/h1,4-5,10,19H,2-3,6-9H2. The zero-order valence-electron chi connectivity index (χ0n) is 11.2. The minimum Gasteiger partial charge on any atom is -0.391 e. The van der Waals surface area contributed by atoms with Crippen LogP contribution in [-0.2, 0) is 6.54 Å². The van der Waals surface area contributed by atoms with E-state index in [1.807, 2.05) is 18.2 Å². The van der Waals surface area contributed by atoms with Gasteiger partial charge in [0.15, 0.2) is 5.78 Å². The van der Waals surface area contributed by atoms with Crippen LogP contribution in [0.2, 0.25) is 0 Å². The Labute approximate surface area is 116 Å². The zero-order valence-corrected chi connectivity index (χ0v) is 11.2. The minimum absolute atomic E-state index is 0.202. The second-order valence-corrected chi connectivity index (χ2v) is 5.65. The number of para-hydroxylation sites is 1. The molecule has 1 atom stereocenters. The molecular weight excluding hydrogens is 254 g/mol. The van der Waals surface area contributed by atoms with Crippen molar-refractivity contribution >= 4 is 22.8 Å². The maximum atomic E-state index is 12.0. The molecule has 1 saturated heterocycles. The van der Waals surface area contributed by atoms with E-state index in [9.17, 15) is 9.90 Å². The number of benzene rings is 1. The van der Waals surface area contributed by atoms with Crippen LogP contribution in [0.1, 0.15) is 29.6 Å². The Hall–Kier alpha value is -1.88. The smallest absolute Gasteiger partial charge is 0.206 e. The van der Waals surface area contributed by atoms with E-state index in [4.69, 9.17) is 4.98 Å². The third-order valence-electron chi connectivity index (χ3n) is 4.29. The van der Waals surface area contributed by atoms with Crippen LogP contribution < -0.4 is 4.90 Å². The van der Waals surface area contributed by atoms with Gasteiger partial charge in [-0.15, -0.1) is 0 Å². The molecule has 0 amide bonds. The summed E-state index contributed by atoms with van der Waals surface area (Å²) in [6.07, 6.45) is 2.10. The van der Waals surface area contributed by atoms with Gasteiger partial charge in [0.05, 0.1) is 17.1 Å². The van der Waals surface area contributed by atoms with Gasteiger partial charge in [-0.25, -0.2) is 4.98 Å². The first-order chi connectivity index (χ1) is 9.74. The molecule has 0 bridgehead atoms. The Morgan fingerprint density at radius 1 is 1.30 bits per heavy atom. The molecule has 1 aromatic carbocycles. The van der Waals surface area contributed by atoms with Crippen molar-refractivity contribution in [1.82, 2.24) is 9.55 Å². The molecule has 1 aromatic heterocycles. The Bertz CT molecular complexity index is 692. The summed E-state index contributed by atoms with van der Waals surface area (Å²) in [4.78, 5) is 18.9. The fourth-order valence-corrected chi connectivity index (χ4v) is 3.34. The van der Waals surface area contributed by atoms with Gasteiger partial charge in [-0.05, 0) is 25.0 Å². The first kappa shape index (κ1) is 11.9. The van der Waals surface area contributed by atoms with Crippen LogP contribution in [0, 0.1) is 0 Å². The Kier molecular flexibility index (Phi) is 2.57. The highest BCUT2D eigenvalue weighted by molar-refractivity contribution is 6.08. The number of carbonyl (C=O) groups is 1. The first-order valence-corrected chi connectivity index (χ1v) is 7.19. The highest BCUT2D eigenvalue weighted by Crippen LogP contribution is 2.31. The van der Waals surface area contributed by atoms with Gasteiger partial charge in [-0.3, -0.25) is 4.79 Å². The predicted octanol–water partition coefficient (Wildman–Crippen LogP) is 1.58. The Balaban J connectivity index is 1.87. The molecule has 4 rings (SSSR count). The SMILES string of the molecule is O=C1CCn2c(N3CCCC(O)C3)nc3cccc1c32. The van der Waals surface area contributed by atoms with Crippen molar-refractivity contribution in [2.45, 2.75) is 31.9 Å². The van der Waals surface area contributed by atoms with E-state index < -0.39 is 0 Å². The number of β-amino-alcohol motifs (C(OH)–C–C–N with tert-alkyl or cyclic N) is 1. The number of rotatable bonds is 1. The lowest BCUT2D eigenvalue weighted by Crippen LogP contribution is -2.40. The van der Waals surface area contributed by atoms with Gasteiger partial charge in [0.25, 0.3) is 0 Å². The number of anilines is 1. The van der Waals surface area contributed by atoms with Crippen LogP contribution in [0.25, 0.3) is 11.0 Å². The molecule has 5 nitrogen and oxygen atoms in total. The Morgan fingerprint density at radius 2 is 2.20 bits per heavy atom. The van der Waals surface area contributed by atoms with Crippen molar-refractivity contribution in [1.29, 1.82) is 0 Å². The molecule has 1 N–H and O–H groups in total. The molecule has 2 aliphatic heterocycles. The summed E-state index contributed by atoms with van der Waals surface area (Å²) in [5.74, 6) is 1.10. The number of aliphatic hydroxyl groups excluding tert-OH is 1. The summed E-state index contributed by atoms with van der Waals surface area (Å²) in [5, 5.41) is 9.86. The largest absolute Gasteiger partial charge is 0.391 e. The van der Waals surface area contributed by atoms with E-state index >= 15 is 0 Å². The number of aryl methyl sites for hydroxylation is 1. The van der Waals surface area contributed by atoms with Crippen LogP contribution in [0.4, 0.5) is 5.95 Å². The zero-order chi connectivity index (χ0) is 13.7. The van der Waals surface area contributed by atoms with E-state index in [-0.39, 0.29) is 11.9 Å². The van der Waals surface area contributed by atoms with Crippen LogP contribution in [0.3, 0.4) is 0 Å². The molecule has 0 saturated carbocycles. The average Bonchev–Trinajstić information content (AvgIpc) is 2.83. The lowest BCUT2D eigenvalue weighted by atomic mass is 10.0. The summed E-state index contributed by atoms with van der Waals surface area (Å²) in [6.45, 7) is 2.24. The number of aromatic nitrogens is 2. The van der Waals surface area contributed by atoms with Gasteiger partial charge in [0.1, 0.15) is 0 Å². The normalized spacial score (nSPS) is 22.6. The molecule has 2 aliphatic rings. The number of aliphatic hydroxyl groups is 1. The van der Waals surface area contributed by atoms with Crippen molar-refractivity contribution in [2.75, 3.05) is 18.0 Å². The van der Waals surface area contributed by atoms with Crippen LogP contribution >= 0.6 is 0 Å². The van der Waals surface area contributed by atoms with E-state index in [2.05, 4.69) is 9.47 Å². The molecule has 5 heteroatoms. The van der Waals surface area contributed by atoms with Crippen molar-refractivity contribution in [3.05, 3.63) is 23.8 Å². The molecule has 20 heavy (non-hydrogen) atoms. The lowest BCUT2D eigenvalue weighted by Gasteiger charge is -2.31. The van der Waals surface area contributed by atoms with Crippen molar-refractivity contribution in [3.63, 3.8) is 0 Å². The van der Waals surface area contributed by atoms with Gasteiger partial charge in [-0.1, -0.05) is 6.07 Å². The number of ketones is 1. The highest BCUT2D eigenvalue weighted by Gasteiger charge is 2.27. The monoisotopic (exact) mass is 271 g/mol. The van der Waals surface area contributed by atoms with Gasteiger partial charge < -0.3 is 14.6 Å². The predicted molar refractivity (Wildman–Crippen MR) is 76.1 cm³/mol. The number of hydrogen-bond donors (Lipinski definition) is 1. The maximum Gasteiger partial charge on any atom is 0.206 e. The van der Waals surface area contributed by atoms with E-state index in [1.165, 1.54) is 0 Å². The van der Waals surface area contributed by atoms with E-state index in [1.54, 1.807) is 0 Å². The maximum absolute atomic E-state index is 12.0. The topological polar surface area (TPSA) is 58.4 Å². The molecule has 104 valence electrons. The second-order valence-electron chi connectivity index (χ2n) is 5.65. The van der Waals surface area contributed by atoms with Crippen LogP contribution in [-0.4, -0.2) is 39.6 Å². The molecular formula is C15H17N3O2. The number of piperidine rings is 1. The third kappa shape index (κ3) is 1.66. The summed E-state index contributed by atoms with van der Waals surface area (Å²) in [5.41, 5.74) is 2.62. The third-order valence-corrected chi connectivity index (χ3v) is 4.29. The van der Waals surface area contributed by atoms with Gasteiger partial charge in [0.2, 0.25) is 5.95 Å². The van der Waals surface area contributed by atoms with Crippen molar-refractivity contribution in [2.24, 2.45) is 0 Å². The fourth-order valence-electron chi connectivity index (χ4n) is 3.34. The summed E-state index contributed by atoms with van der Waals surface area (Å²) in [6, 6.07) is 5.74. The number of hydrogen-bond acceptors (Lipinski definition) is 4. The number of Topliss-reactive ketones (excluding diaryl/α,β-unsaturated/α-hetero) is 1. The van der Waals surface area contributed by atoms with Crippen molar-refractivity contribution < 1.29 is 9.90 Å². The minimum atomic E-state index is -0.277. The van der Waals surface area contributed by atoms with Crippen LogP contribution in [0.15, 0.2) is 18.2 Å². The first-order valence-electron chi connectivity index (χ1n) is 7.19. The van der Waals surface area contributed by atoms with Crippen LogP contribution in [0.5, 0.6) is 0 Å². The lowest BCUT2D eigenvalue weighted by molar-refractivity contribution is 0.0973. The fraction of sp³-hybridized carbons (Fsp3) is 0.467. The van der Waals surface area contributed by atoms with Gasteiger partial charge in [-0.2, -0.15) is 0 Å². The van der Waals surface area contributed by atoms with Gasteiger partial charge in [0, 0.05) is 31.6 Å². The summed E-state index contributed by atoms with van der Waals surface area (Å²) < 4.78 is 2.14. The molecule has 0 radical (unpaired) electrons. The molecule has 1 fully saturated rings. The van der Waals surface area contributed by atoms with E-state index in [0.29, 0.717) is 19.5 Å². The highest BCUT2D eigenvalue weighted by atomic mass is 16.3. The van der Waals surface area contributed by atoms with Gasteiger partial charge >= 0.3 is 0 Å². The van der Waals surface area contributed by atoms with E-state index in [0.717, 1.165) is 41.9 Å². The summed E-state index contributed by atoms with van der Waals surface area (Å²) in [7, 11) is 0. The average molecular weight is 271 g/mol. The molecule has 3 heterocycles. The van der Waals surface area contributed by atoms with Crippen molar-refractivity contribution in [3.8, 4) is 0 Å². The molecule has 0 spiro atoms. The summed E-state index contributed by atoms with van der Waals surface area (Å²) >= 11 is 0. The molecule has 2 aromatic rings. The number of imidazole rings is 1. The number of nitrogens with zero attached hydrogens (tertiary/aromatic N) is 3. The Morgan fingerprint density at radius 3 is 3.05 bits per heavy atom.